The van der Waals surface area contributed by atoms with Gasteiger partial charge in [0, 0.05) is 18.8 Å². The first-order valence-electron chi connectivity index (χ1n) is 5.52. The van der Waals surface area contributed by atoms with Crippen molar-refractivity contribution >= 4 is 5.69 Å². The van der Waals surface area contributed by atoms with Crippen LogP contribution in [0.5, 0.6) is 0 Å². The van der Waals surface area contributed by atoms with E-state index in [2.05, 4.69) is 13.8 Å². The molecule has 1 aromatic rings. The van der Waals surface area contributed by atoms with Gasteiger partial charge in [0.2, 0.25) is 0 Å². The van der Waals surface area contributed by atoms with E-state index in [4.69, 9.17) is 5.26 Å². The summed E-state index contributed by atoms with van der Waals surface area (Å²) < 4.78 is 13.2. The summed E-state index contributed by atoms with van der Waals surface area (Å²) in [4.78, 5) is 2.01. The van der Waals surface area contributed by atoms with Gasteiger partial charge in [-0.1, -0.05) is 13.3 Å². The lowest BCUT2D eigenvalue weighted by Crippen LogP contribution is -2.28. The third-order valence-corrected chi connectivity index (χ3v) is 2.79. The van der Waals surface area contributed by atoms with Crippen LogP contribution in [0.4, 0.5) is 10.1 Å². The topological polar surface area (TPSA) is 27.0 Å². The standard InChI is InChI=1S/C13H17FN2/c1-4-5-10(2)16(3)13-7-11(9-15)6-12(14)8-13/h6-8,10H,4-5H2,1-3H3. The molecule has 1 rings (SSSR count). The maximum Gasteiger partial charge on any atom is 0.126 e. The number of hydrogen-bond acceptors (Lipinski definition) is 2. The second-order valence-electron chi connectivity index (χ2n) is 4.06. The molecule has 16 heavy (non-hydrogen) atoms. The number of benzene rings is 1. The van der Waals surface area contributed by atoms with Gasteiger partial charge in [-0.2, -0.15) is 5.26 Å². The van der Waals surface area contributed by atoms with Gasteiger partial charge in [0.1, 0.15) is 5.82 Å². The molecule has 0 amide bonds. The summed E-state index contributed by atoms with van der Waals surface area (Å²) in [7, 11) is 1.93. The Morgan fingerprint density at radius 3 is 2.69 bits per heavy atom. The van der Waals surface area contributed by atoms with E-state index in [1.54, 1.807) is 6.07 Å². The molecule has 0 heterocycles. The summed E-state index contributed by atoms with van der Waals surface area (Å²) in [5, 5.41) is 8.78. The number of rotatable bonds is 4. The second-order valence-corrected chi connectivity index (χ2v) is 4.06. The van der Waals surface area contributed by atoms with E-state index >= 15 is 0 Å². The highest BCUT2D eigenvalue weighted by Gasteiger charge is 2.10. The maximum absolute atomic E-state index is 13.2. The number of halogens is 1. The number of hydrogen-bond donors (Lipinski definition) is 0. The fraction of sp³-hybridized carbons (Fsp3) is 0.462. The highest BCUT2D eigenvalue weighted by molar-refractivity contribution is 5.52. The van der Waals surface area contributed by atoms with E-state index in [9.17, 15) is 4.39 Å². The average Bonchev–Trinajstić information content (AvgIpc) is 2.27. The zero-order valence-electron chi connectivity index (χ0n) is 10.00. The number of anilines is 1. The van der Waals surface area contributed by atoms with Gasteiger partial charge >= 0.3 is 0 Å². The molecule has 1 unspecified atom stereocenters. The Morgan fingerprint density at radius 1 is 1.44 bits per heavy atom. The van der Waals surface area contributed by atoms with E-state index in [1.165, 1.54) is 12.1 Å². The van der Waals surface area contributed by atoms with Crippen molar-refractivity contribution in [2.75, 3.05) is 11.9 Å². The smallest absolute Gasteiger partial charge is 0.126 e. The third-order valence-electron chi connectivity index (χ3n) is 2.79. The highest BCUT2D eigenvalue weighted by Crippen LogP contribution is 2.20. The van der Waals surface area contributed by atoms with E-state index in [0.29, 0.717) is 11.6 Å². The molecule has 1 aromatic carbocycles. The average molecular weight is 220 g/mol. The molecule has 0 saturated heterocycles. The lowest BCUT2D eigenvalue weighted by molar-refractivity contribution is 0.606. The molecule has 2 nitrogen and oxygen atoms in total. The summed E-state index contributed by atoms with van der Waals surface area (Å²) in [6, 6.07) is 6.75. The first kappa shape index (κ1) is 12.5. The summed E-state index contributed by atoms with van der Waals surface area (Å²) in [6.45, 7) is 4.22. The summed E-state index contributed by atoms with van der Waals surface area (Å²) in [5.74, 6) is -0.357. The molecule has 0 aliphatic carbocycles. The third kappa shape index (κ3) is 2.96. The molecule has 0 aromatic heterocycles. The molecule has 0 bridgehead atoms. The Bertz CT molecular complexity index is 395. The summed E-state index contributed by atoms with van der Waals surface area (Å²) in [6.07, 6.45) is 2.14. The van der Waals surface area contributed by atoms with Gasteiger partial charge in [-0.25, -0.2) is 4.39 Å². The van der Waals surface area contributed by atoms with Crippen LogP contribution in [0, 0.1) is 17.1 Å². The van der Waals surface area contributed by atoms with Gasteiger partial charge < -0.3 is 4.90 Å². The molecule has 0 saturated carbocycles. The van der Waals surface area contributed by atoms with Crippen molar-refractivity contribution in [3.8, 4) is 6.07 Å². The van der Waals surface area contributed by atoms with Crippen molar-refractivity contribution in [3.05, 3.63) is 29.6 Å². The minimum atomic E-state index is -0.357. The van der Waals surface area contributed by atoms with Crippen LogP contribution >= 0.6 is 0 Å². The second kappa shape index (κ2) is 5.50. The fourth-order valence-corrected chi connectivity index (χ4v) is 1.71. The van der Waals surface area contributed by atoms with Crippen molar-refractivity contribution in [2.45, 2.75) is 32.7 Å². The van der Waals surface area contributed by atoms with Crippen LogP contribution in [0.1, 0.15) is 32.3 Å². The monoisotopic (exact) mass is 220 g/mol. The van der Waals surface area contributed by atoms with Crippen LogP contribution in [0.2, 0.25) is 0 Å². The van der Waals surface area contributed by atoms with Gasteiger partial charge in [-0.05, 0) is 31.5 Å². The minimum Gasteiger partial charge on any atom is -0.372 e. The number of nitrogens with zero attached hydrogens (tertiary/aromatic N) is 2. The fourth-order valence-electron chi connectivity index (χ4n) is 1.71. The van der Waals surface area contributed by atoms with E-state index in [1.807, 2.05) is 18.0 Å². The zero-order chi connectivity index (χ0) is 12.1. The molecular formula is C13H17FN2. The Kier molecular flexibility index (Phi) is 4.30. The van der Waals surface area contributed by atoms with Crippen molar-refractivity contribution in [3.63, 3.8) is 0 Å². The minimum absolute atomic E-state index is 0.346. The number of nitriles is 1. The van der Waals surface area contributed by atoms with Crippen LogP contribution in [0.15, 0.2) is 18.2 Å². The maximum atomic E-state index is 13.2. The van der Waals surface area contributed by atoms with Gasteiger partial charge in [0.15, 0.2) is 0 Å². The van der Waals surface area contributed by atoms with E-state index in [0.717, 1.165) is 18.5 Å². The molecule has 0 N–H and O–H groups in total. The quantitative estimate of drug-likeness (QED) is 0.778. The van der Waals surface area contributed by atoms with Crippen LogP contribution in [-0.4, -0.2) is 13.1 Å². The Morgan fingerprint density at radius 2 is 2.12 bits per heavy atom. The van der Waals surface area contributed by atoms with Crippen LogP contribution in [-0.2, 0) is 0 Å². The van der Waals surface area contributed by atoms with Crippen molar-refractivity contribution < 1.29 is 4.39 Å². The molecule has 0 aliphatic heterocycles. The lowest BCUT2D eigenvalue weighted by Gasteiger charge is -2.27. The van der Waals surface area contributed by atoms with Gasteiger partial charge in [-0.15, -0.1) is 0 Å². The molecule has 1 atom stereocenters. The predicted molar refractivity (Wildman–Crippen MR) is 63.9 cm³/mol. The van der Waals surface area contributed by atoms with Crippen molar-refractivity contribution in [2.24, 2.45) is 0 Å². The van der Waals surface area contributed by atoms with E-state index in [-0.39, 0.29) is 5.82 Å². The zero-order valence-corrected chi connectivity index (χ0v) is 10.00. The van der Waals surface area contributed by atoms with Gasteiger partial charge in [-0.3, -0.25) is 0 Å². The largest absolute Gasteiger partial charge is 0.372 e. The molecule has 0 aliphatic rings. The highest BCUT2D eigenvalue weighted by atomic mass is 19.1. The Balaban J connectivity index is 2.95. The Labute approximate surface area is 96.3 Å². The summed E-state index contributed by atoms with van der Waals surface area (Å²) in [5.41, 5.74) is 1.13. The molecule has 0 spiro atoms. The van der Waals surface area contributed by atoms with Crippen molar-refractivity contribution in [1.29, 1.82) is 5.26 Å². The first-order chi connectivity index (χ1) is 7.58. The van der Waals surface area contributed by atoms with Gasteiger partial charge in [0.05, 0.1) is 11.6 Å². The van der Waals surface area contributed by atoms with Crippen LogP contribution < -0.4 is 4.90 Å². The molecule has 0 radical (unpaired) electrons. The lowest BCUT2D eigenvalue weighted by atomic mass is 10.1. The first-order valence-corrected chi connectivity index (χ1v) is 5.52. The van der Waals surface area contributed by atoms with Gasteiger partial charge in [0.25, 0.3) is 0 Å². The normalized spacial score (nSPS) is 11.9. The van der Waals surface area contributed by atoms with Crippen LogP contribution in [0.25, 0.3) is 0 Å². The summed E-state index contributed by atoms with van der Waals surface area (Å²) >= 11 is 0. The van der Waals surface area contributed by atoms with Crippen molar-refractivity contribution in [1.82, 2.24) is 0 Å². The molecule has 86 valence electrons. The predicted octanol–water partition coefficient (Wildman–Crippen LogP) is 3.32. The van der Waals surface area contributed by atoms with Crippen LogP contribution in [0.3, 0.4) is 0 Å². The van der Waals surface area contributed by atoms with E-state index < -0.39 is 0 Å². The molecule has 3 heteroatoms. The Hall–Kier alpha value is -1.56. The molecular weight excluding hydrogens is 203 g/mol. The SMILES string of the molecule is CCCC(C)N(C)c1cc(F)cc(C#N)c1. The molecule has 0 fully saturated rings.